The van der Waals surface area contributed by atoms with E-state index in [2.05, 4.69) is 15.9 Å². The molecule has 16 heavy (non-hydrogen) atoms. The van der Waals surface area contributed by atoms with Gasteiger partial charge in [-0.15, -0.1) is 23.7 Å². The van der Waals surface area contributed by atoms with Crippen LogP contribution in [0.5, 0.6) is 0 Å². The first kappa shape index (κ1) is 14.0. The van der Waals surface area contributed by atoms with E-state index < -0.39 is 0 Å². The van der Waals surface area contributed by atoms with E-state index in [9.17, 15) is 0 Å². The Hall–Kier alpha value is -0.0600. The summed E-state index contributed by atoms with van der Waals surface area (Å²) in [7, 11) is 0. The zero-order valence-electron chi connectivity index (χ0n) is 8.19. The Balaban J connectivity index is 0.00000128. The molecule has 1 aromatic heterocycles. The van der Waals surface area contributed by atoms with Gasteiger partial charge in [-0.25, -0.2) is 0 Å². The van der Waals surface area contributed by atoms with Crippen LogP contribution in [0, 0.1) is 0 Å². The Labute approximate surface area is 118 Å². The number of rotatable bonds is 2. The van der Waals surface area contributed by atoms with Crippen molar-refractivity contribution in [2.45, 2.75) is 6.04 Å². The smallest absolute Gasteiger partial charge is 0.0657 e. The number of hydrogen-bond donors (Lipinski definition) is 1. The molecule has 2 aromatic rings. The van der Waals surface area contributed by atoms with Crippen molar-refractivity contribution in [3.63, 3.8) is 0 Å². The molecule has 0 aliphatic rings. The highest BCUT2D eigenvalue weighted by Gasteiger charge is 2.13. The molecule has 1 heterocycles. The molecule has 0 radical (unpaired) electrons. The molecule has 0 saturated carbocycles. The summed E-state index contributed by atoms with van der Waals surface area (Å²) in [5, 5.41) is 2.73. The average Bonchev–Trinajstić information content (AvgIpc) is 2.74. The second kappa shape index (κ2) is 6.03. The van der Waals surface area contributed by atoms with Crippen molar-refractivity contribution in [1.29, 1.82) is 0 Å². The third-order valence-corrected chi connectivity index (χ3v) is 4.06. The lowest BCUT2D eigenvalue weighted by molar-refractivity contribution is 0.887. The molecule has 1 atom stereocenters. The Morgan fingerprint density at radius 2 is 2.06 bits per heavy atom. The van der Waals surface area contributed by atoms with Gasteiger partial charge in [0.15, 0.2) is 0 Å². The highest BCUT2D eigenvalue weighted by molar-refractivity contribution is 9.10. The number of nitrogens with two attached hydrogens (primary N) is 1. The Bertz CT molecular complexity index is 459. The van der Waals surface area contributed by atoms with Crippen molar-refractivity contribution < 1.29 is 0 Å². The maximum Gasteiger partial charge on any atom is 0.0657 e. The molecule has 0 unspecified atom stereocenters. The predicted octanol–water partition coefficient (Wildman–Crippen LogP) is 4.63. The summed E-state index contributed by atoms with van der Waals surface area (Å²) in [5.41, 5.74) is 7.17. The highest BCUT2D eigenvalue weighted by Crippen LogP contribution is 2.31. The Morgan fingerprint density at radius 1 is 1.31 bits per heavy atom. The van der Waals surface area contributed by atoms with Crippen molar-refractivity contribution in [2.24, 2.45) is 5.73 Å². The minimum atomic E-state index is -0.113. The van der Waals surface area contributed by atoms with Crippen LogP contribution in [0.2, 0.25) is 5.02 Å². The number of benzene rings is 1. The summed E-state index contributed by atoms with van der Waals surface area (Å²) in [6.07, 6.45) is 0. The zero-order valence-corrected chi connectivity index (χ0v) is 12.2. The lowest BCUT2D eigenvalue weighted by atomic mass is 10.1. The van der Waals surface area contributed by atoms with Crippen LogP contribution in [0.25, 0.3) is 0 Å². The molecule has 0 aliphatic heterocycles. The second-order valence-corrected chi connectivity index (χ2v) is 5.43. The van der Waals surface area contributed by atoms with E-state index in [1.54, 1.807) is 11.3 Å². The van der Waals surface area contributed by atoms with E-state index in [4.69, 9.17) is 17.3 Å². The largest absolute Gasteiger partial charge is 0.320 e. The minimum absolute atomic E-state index is 0. The van der Waals surface area contributed by atoms with Crippen LogP contribution in [0.1, 0.15) is 16.5 Å². The van der Waals surface area contributed by atoms with Gasteiger partial charge in [0.25, 0.3) is 0 Å². The van der Waals surface area contributed by atoms with Gasteiger partial charge in [-0.05, 0) is 35.2 Å². The third kappa shape index (κ3) is 2.99. The summed E-state index contributed by atoms with van der Waals surface area (Å²) in [6.45, 7) is 0. The zero-order chi connectivity index (χ0) is 10.8. The normalized spacial score (nSPS) is 11.9. The first-order valence-corrected chi connectivity index (χ1v) is 6.47. The van der Waals surface area contributed by atoms with Crippen molar-refractivity contribution >= 4 is 51.3 Å². The van der Waals surface area contributed by atoms with Crippen molar-refractivity contribution in [3.8, 4) is 0 Å². The molecule has 0 bridgehead atoms. The van der Waals surface area contributed by atoms with Gasteiger partial charge in [0.05, 0.1) is 6.04 Å². The van der Waals surface area contributed by atoms with Crippen LogP contribution in [0.3, 0.4) is 0 Å². The molecule has 86 valence electrons. The number of hydrogen-bond acceptors (Lipinski definition) is 2. The fourth-order valence-corrected chi connectivity index (χ4v) is 2.79. The molecule has 0 spiro atoms. The molecule has 2 N–H and O–H groups in total. The Morgan fingerprint density at radius 3 is 2.69 bits per heavy atom. The molecule has 5 heteroatoms. The van der Waals surface area contributed by atoms with E-state index in [0.29, 0.717) is 5.02 Å². The number of halogens is 3. The molecular formula is C11H10BrCl2NS. The van der Waals surface area contributed by atoms with Gasteiger partial charge in [-0.3, -0.25) is 0 Å². The van der Waals surface area contributed by atoms with Crippen LogP contribution in [0.15, 0.2) is 40.2 Å². The summed E-state index contributed by atoms with van der Waals surface area (Å²) >= 11 is 11.1. The van der Waals surface area contributed by atoms with Crippen LogP contribution in [0.4, 0.5) is 0 Å². The molecule has 1 nitrogen and oxygen atoms in total. The maximum absolute atomic E-state index is 6.15. The van der Waals surface area contributed by atoms with Gasteiger partial charge >= 0.3 is 0 Å². The topological polar surface area (TPSA) is 26.0 Å². The monoisotopic (exact) mass is 337 g/mol. The first-order chi connectivity index (χ1) is 7.18. The minimum Gasteiger partial charge on any atom is -0.320 e. The van der Waals surface area contributed by atoms with Gasteiger partial charge < -0.3 is 5.73 Å². The fourth-order valence-electron chi connectivity index (χ4n) is 1.37. The van der Waals surface area contributed by atoms with E-state index in [1.165, 1.54) is 0 Å². The average molecular weight is 339 g/mol. The van der Waals surface area contributed by atoms with Crippen LogP contribution < -0.4 is 5.73 Å². The van der Waals surface area contributed by atoms with Crippen molar-refractivity contribution in [2.75, 3.05) is 0 Å². The molecule has 0 fully saturated rings. The van der Waals surface area contributed by atoms with Crippen molar-refractivity contribution in [3.05, 3.63) is 55.6 Å². The molecule has 2 rings (SSSR count). The molecular weight excluding hydrogens is 329 g/mol. The fraction of sp³-hybridized carbons (Fsp3) is 0.0909. The van der Waals surface area contributed by atoms with Gasteiger partial charge in [0.1, 0.15) is 0 Å². The molecule has 0 aliphatic carbocycles. The van der Waals surface area contributed by atoms with Gasteiger partial charge in [0, 0.05) is 14.4 Å². The number of thiophene rings is 1. The van der Waals surface area contributed by atoms with Crippen molar-refractivity contribution in [1.82, 2.24) is 0 Å². The summed E-state index contributed by atoms with van der Waals surface area (Å²) in [4.78, 5) is 1.14. The molecule has 0 amide bonds. The quantitative estimate of drug-likeness (QED) is 0.848. The van der Waals surface area contributed by atoms with Gasteiger partial charge in [0.2, 0.25) is 0 Å². The maximum atomic E-state index is 6.15. The summed E-state index contributed by atoms with van der Waals surface area (Å²) < 4.78 is 0.993. The van der Waals surface area contributed by atoms with Crippen LogP contribution in [-0.2, 0) is 0 Å². The third-order valence-electron chi connectivity index (χ3n) is 2.14. The standard InChI is InChI=1S/C11H9BrClNS.ClH/c12-9-4-3-7(13)6-8(9)11(14)10-2-1-5-15-10;/h1-6,11H,14H2;1H/t11-;/m1./s1. The Kier molecular flexibility index (Phi) is 5.28. The predicted molar refractivity (Wildman–Crippen MR) is 76.7 cm³/mol. The van der Waals surface area contributed by atoms with Crippen LogP contribution >= 0.6 is 51.3 Å². The van der Waals surface area contributed by atoms with Crippen LogP contribution in [-0.4, -0.2) is 0 Å². The first-order valence-electron chi connectivity index (χ1n) is 4.42. The summed E-state index contributed by atoms with van der Waals surface area (Å²) in [5.74, 6) is 0. The molecule has 0 saturated heterocycles. The van der Waals surface area contributed by atoms with Gasteiger partial charge in [-0.2, -0.15) is 0 Å². The second-order valence-electron chi connectivity index (χ2n) is 3.16. The lowest BCUT2D eigenvalue weighted by Crippen LogP contribution is -2.10. The van der Waals surface area contributed by atoms with E-state index >= 15 is 0 Å². The SMILES string of the molecule is Cl.N[C@@H](c1cccs1)c1cc(Cl)ccc1Br. The van der Waals surface area contributed by atoms with E-state index in [0.717, 1.165) is 14.9 Å². The van der Waals surface area contributed by atoms with Gasteiger partial charge in [-0.1, -0.05) is 33.6 Å². The highest BCUT2D eigenvalue weighted by atomic mass is 79.9. The van der Waals surface area contributed by atoms with E-state index in [1.807, 2.05) is 35.7 Å². The molecule has 1 aromatic carbocycles. The lowest BCUT2D eigenvalue weighted by Gasteiger charge is -2.12. The van der Waals surface area contributed by atoms with E-state index in [-0.39, 0.29) is 18.4 Å². The summed E-state index contributed by atoms with van der Waals surface area (Å²) in [6, 6.07) is 9.58.